The summed E-state index contributed by atoms with van der Waals surface area (Å²) in [5.74, 6) is 0.805. The minimum absolute atomic E-state index is 0.100. The number of morpholine rings is 1. The topological polar surface area (TPSA) is 124 Å². The minimum Gasteiger partial charge on any atom is -0.378 e. The molecule has 13 nitrogen and oxygen atoms in total. The van der Waals surface area contributed by atoms with E-state index in [4.69, 9.17) is 19.7 Å². The Hall–Kier alpha value is -6.73. The van der Waals surface area contributed by atoms with E-state index < -0.39 is 0 Å². The second kappa shape index (κ2) is 16.7. The van der Waals surface area contributed by atoms with Crippen molar-refractivity contribution in [3.8, 4) is 5.69 Å². The average Bonchev–Trinajstić information content (AvgIpc) is 3.68. The van der Waals surface area contributed by atoms with E-state index in [0.717, 1.165) is 41.3 Å². The van der Waals surface area contributed by atoms with Crippen LogP contribution in [-0.2, 0) is 22.6 Å². The predicted octanol–water partition coefficient (Wildman–Crippen LogP) is 6.46. The molecule has 4 heterocycles. The van der Waals surface area contributed by atoms with Gasteiger partial charge >= 0.3 is 6.03 Å². The number of imidazole rings is 1. The lowest BCUT2D eigenvalue weighted by molar-refractivity contribution is -0.111. The van der Waals surface area contributed by atoms with Gasteiger partial charge in [0, 0.05) is 69.4 Å². The Bertz CT molecular complexity index is 2240. The maximum absolute atomic E-state index is 13.0. The number of hydrogen-bond acceptors (Lipinski definition) is 9. The molecule has 4 aromatic carbocycles. The van der Waals surface area contributed by atoms with Crippen molar-refractivity contribution in [2.45, 2.75) is 13.1 Å². The largest absolute Gasteiger partial charge is 0.378 e. The van der Waals surface area contributed by atoms with Crippen LogP contribution in [0.5, 0.6) is 0 Å². The van der Waals surface area contributed by atoms with Crippen LogP contribution < -0.4 is 20.4 Å². The van der Waals surface area contributed by atoms with Gasteiger partial charge in [0.15, 0.2) is 17.0 Å². The van der Waals surface area contributed by atoms with E-state index in [2.05, 4.69) is 63.4 Å². The van der Waals surface area contributed by atoms with Crippen molar-refractivity contribution >= 4 is 51.9 Å². The molecule has 3 amide bonds. The molecule has 2 aliphatic rings. The highest BCUT2D eigenvalue weighted by Crippen LogP contribution is 2.31. The number of carbonyl (C=O) groups is 2. The summed E-state index contributed by atoms with van der Waals surface area (Å²) >= 11 is 0. The van der Waals surface area contributed by atoms with Gasteiger partial charge in [-0.25, -0.2) is 9.78 Å². The lowest BCUT2D eigenvalue weighted by atomic mass is 10.1. The van der Waals surface area contributed by atoms with Crippen molar-refractivity contribution in [2.75, 3.05) is 72.9 Å². The number of anilines is 5. The quantitative estimate of drug-likeness (QED) is 0.144. The summed E-state index contributed by atoms with van der Waals surface area (Å²) in [6.45, 7) is 10.1. The van der Waals surface area contributed by atoms with Crippen LogP contribution in [0.15, 0.2) is 128 Å². The summed E-state index contributed by atoms with van der Waals surface area (Å²) < 4.78 is 7.33. The number of urea groups is 1. The number of hydrogen-bond donors (Lipinski definition) is 2. The Balaban J connectivity index is 1.10. The van der Waals surface area contributed by atoms with Gasteiger partial charge in [-0.3, -0.25) is 9.36 Å². The van der Waals surface area contributed by atoms with Gasteiger partial charge in [-0.2, -0.15) is 9.97 Å². The second-order valence-corrected chi connectivity index (χ2v) is 13.8. The average molecular weight is 749 g/mol. The molecule has 284 valence electrons. The second-order valence-electron chi connectivity index (χ2n) is 13.8. The van der Waals surface area contributed by atoms with Crippen molar-refractivity contribution < 1.29 is 14.3 Å². The fourth-order valence-electron chi connectivity index (χ4n) is 7.09. The highest BCUT2D eigenvalue weighted by Gasteiger charge is 2.27. The third kappa shape index (κ3) is 8.32. The van der Waals surface area contributed by atoms with E-state index >= 15 is 0 Å². The number of benzene rings is 4. The molecule has 13 heteroatoms. The summed E-state index contributed by atoms with van der Waals surface area (Å²) in [5.41, 5.74) is 6.85. The summed E-state index contributed by atoms with van der Waals surface area (Å²) in [6, 6.07) is 36.5. The minimum atomic E-state index is -0.293. The van der Waals surface area contributed by atoms with Crippen LogP contribution in [0.3, 0.4) is 0 Å². The smallest absolute Gasteiger partial charge is 0.320 e. The number of nitrogens with zero attached hydrogens (tertiary/aromatic N) is 8. The molecular weight excluding hydrogens is 705 g/mol. The molecule has 2 N–H and O–H groups in total. The Kier molecular flexibility index (Phi) is 10.8. The number of fused-ring (bicyclic) bond motifs is 1. The third-order valence-electron chi connectivity index (χ3n) is 10.0. The van der Waals surface area contributed by atoms with E-state index in [1.807, 2.05) is 87.2 Å². The van der Waals surface area contributed by atoms with Crippen LogP contribution in [0.1, 0.15) is 11.1 Å². The van der Waals surface area contributed by atoms with Crippen LogP contribution in [0.4, 0.5) is 33.6 Å². The fraction of sp³-hybridized carbons (Fsp3) is 0.233. The lowest BCUT2D eigenvalue weighted by Crippen LogP contribution is -2.54. The summed E-state index contributed by atoms with van der Waals surface area (Å²) in [5, 5.41) is 6.32. The molecule has 0 spiro atoms. The Labute approximate surface area is 325 Å². The van der Waals surface area contributed by atoms with Crippen molar-refractivity contribution in [1.82, 2.24) is 29.3 Å². The normalized spacial score (nSPS) is 14.4. The van der Waals surface area contributed by atoms with Crippen LogP contribution in [-0.4, -0.2) is 93.7 Å². The molecule has 0 aliphatic carbocycles. The highest BCUT2D eigenvalue weighted by molar-refractivity contribution is 5.99. The molecule has 8 rings (SSSR count). The molecule has 0 saturated carbocycles. The number of carbonyl (C=O) groups excluding carboxylic acids is 2. The number of rotatable bonds is 11. The van der Waals surface area contributed by atoms with Crippen molar-refractivity contribution in [2.24, 2.45) is 0 Å². The van der Waals surface area contributed by atoms with Gasteiger partial charge in [-0.15, -0.1) is 0 Å². The molecule has 0 atom stereocenters. The van der Waals surface area contributed by atoms with Crippen LogP contribution in [0, 0.1) is 0 Å². The van der Waals surface area contributed by atoms with E-state index in [1.165, 1.54) is 6.08 Å². The highest BCUT2D eigenvalue weighted by atomic mass is 16.5. The summed E-state index contributed by atoms with van der Waals surface area (Å²) in [7, 11) is 0. The van der Waals surface area contributed by atoms with Gasteiger partial charge in [0.05, 0.1) is 18.9 Å². The molecule has 0 radical (unpaired) electrons. The van der Waals surface area contributed by atoms with Gasteiger partial charge in [0.2, 0.25) is 11.9 Å². The first kappa shape index (κ1) is 36.3. The SMILES string of the molecule is C=CC(=O)Nc1cccc(-n2cnc3c(N(Cc4ccccc4)Cc4ccccc4)nc(Nc4ccc(N5CCN(C(=O)N6CCOCC6)CC5)cc4)nc32)c1. The van der Waals surface area contributed by atoms with Gasteiger partial charge in [-0.1, -0.05) is 73.3 Å². The maximum atomic E-state index is 13.0. The fourth-order valence-corrected chi connectivity index (χ4v) is 7.09. The molecular formula is C43H44N10O3. The number of piperazine rings is 1. The van der Waals surface area contributed by atoms with E-state index in [0.29, 0.717) is 81.1 Å². The number of aromatic nitrogens is 4. The van der Waals surface area contributed by atoms with E-state index in [-0.39, 0.29) is 11.9 Å². The molecule has 0 unspecified atom stereocenters. The molecule has 2 aromatic heterocycles. The lowest BCUT2D eigenvalue weighted by Gasteiger charge is -2.39. The maximum Gasteiger partial charge on any atom is 0.320 e. The Morgan fingerprint density at radius 2 is 1.39 bits per heavy atom. The van der Waals surface area contributed by atoms with Crippen molar-refractivity contribution in [1.29, 1.82) is 0 Å². The first-order valence-electron chi connectivity index (χ1n) is 18.9. The Morgan fingerprint density at radius 1 is 0.732 bits per heavy atom. The van der Waals surface area contributed by atoms with Crippen LogP contribution in [0.25, 0.3) is 16.9 Å². The van der Waals surface area contributed by atoms with Gasteiger partial charge < -0.3 is 35.0 Å². The molecule has 0 bridgehead atoms. The third-order valence-corrected chi connectivity index (χ3v) is 10.0. The zero-order valence-corrected chi connectivity index (χ0v) is 31.1. The van der Waals surface area contributed by atoms with Gasteiger partial charge in [0.25, 0.3) is 0 Å². The van der Waals surface area contributed by atoms with Crippen LogP contribution in [0.2, 0.25) is 0 Å². The monoisotopic (exact) mass is 748 g/mol. The number of nitrogens with one attached hydrogen (secondary N) is 2. The standard InChI is InChI=1S/C43H44N10O3/c1-2-38(54)45-35-14-9-15-37(28-35)53-31-44-39-40(52(29-32-10-5-3-6-11-32)30-33-12-7-4-8-13-33)47-42(48-41(39)53)46-34-16-18-36(19-17-34)49-20-22-50(23-21-49)43(55)51-24-26-56-27-25-51/h2-19,28,31H,1,20-27,29-30H2,(H,45,54)(H,46,47,48). The van der Waals surface area contributed by atoms with E-state index in [9.17, 15) is 9.59 Å². The Morgan fingerprint density at radius 3 is 2.05 bits per heavy atom. The first-order valence-corrected chi connectivity index (χ1v) is 18.9. The summed E-state index contributed by atoms with van der Waals surface area (Å²) in [4.78, 5) is 48.6. The molecule has 56 heavy (non-hydrogen) atoms. The molecule has 2 fully saturated rings. The van der Waals surface area contributed by atoms with Crippen molar-refractivity contribution in [3.05, 3.63) is 139 Å². The van der Waals surface area contributed by atoms with Crippen LogP contribution >= 0.6 is 0 Å². The molecule has 2 aliphatic heterocycles. The van der Waals surface area contributed by atoms with E-state index in [1.54, 1.807) is 6.33 Å². The van der Waals surface area contributed by atoms with Crippen molar-refractivity contribution in [3.63, 3.8) is 0 Å². The zero-order valence-electron chi connectivity index (χ0n) is 31.1. The molecule has 6 aromatic rings. The van der Waals surface area contributed by atoms with Gasteiger partial charge in [0.1, 0.15) is 6.33 Å². The number of ether oxygens (including phenoxy) is 1. The summed E-state index contributed by atoms with van der Waals surface area (Å²) in [6.07, 6.45) is 2.99. The zero-order chi connectivity index (χ0) is 38.3. The number of amides is 3. The van der Waals surface area contributed by atoms with Gasteiger partial charge in [-0.05, 0) is 59.7 Å². The molecule has 2 saturated heterocycles. The first-order chi connectivity index (χ1) is 27.5. The predicted molar refractivity (Wildman–Crippen MR) is 220 cm³/mol.